The third kappa shape index (κ3) is 2.10. The maximum Gasteiger partial charge on any atom is 0.0447 e. The Morgan fingerprint density at radius 3 is 2.94 bits per heavy atom. The van der Waals surface area contributed by atoms with Gasteiger partial charge in [0.1, 0.15) is 0 Å². The summed E-state index contributed by atoms with van der Waals surface area (Å²) in [4.78, 5) is 4.55. The number of aromatic nitrogens is 1. The average molecular weight is 238 g/mol. The van der Waals surface area contributed by atoms with Gasteiger partial charge < -0.3 is 5.32 Å². The lowest BCUT2D eigenvalue weighted by Crippen LogP contribution is -1.96. The zero-order valence-corrected chi connectivity index (χ0v) is 10.7. The van der Waals surface area contributed by atoms with Crippen LogP contribution in [-0.2, 0) is 19.3 Å². The molecule has 0 atom stereocenters. The summed E-state index contributed by atoms with van der Waals surface area (Å²) in [7, 11) is 0. The SMILES string of the molecule is CCc1ccc(Cc2cccc3c2CCN3)nc1. The summed E-state index contributed by atoms with van der Waals surface area (Å²) in [5.41, 5.74) is 6.65. The van der Waals surface area contributed by atoms with E-state index in [1.165, 1.54) is 22.4 Å². The number of nitrogens with one attached hydrogen (secondary N) is 1. The summed E-state index contributed by atoms with van der Waals surface area (Å²) in [5, 5.41) is 3.42. The first-order chi connectivity index (χ1) is 8.86. The van der Waals surface area contributed by atoms with Gasteiger partial charge in [-0.05, 0) is 41.7 Å². The van der Waals surface area contributed by atoms with Crippen LogP contribution in [0.5, 0.6) is 0 Å². The van der Waals surface area contributed by atoms with Gasteiger partial charge in [-0.1, -0.05) is 25.1 Å². The Hall–Kier alpha value is -1.83. The molecule has 1 aromatic heterocycles. The smallest absolute Gasteiger partial charge is 0.0447 e. The third-order valence-corrected chi connectivity index (χ3v) is 3.63. The van der Waals surface area contributed by atoms with Crippen molar-refractivity contribution in [3.05, 3.63) is 58.9 Å². The lowest BCUT2D eigenvalue weighted by atomic mass is 10.0. The molecule has 0 unspecified atom stereocenters. The fraction of sp³-hybridized carbons (Fsp3) is 0.312. The average Bonchev–Trinajstić information content (AvgIpc) is 2.89. The number of benzene rings is 1. The molecule has 0 radical (unpaired) electrons. The van der Waals surface area contributed by atoms with Gasteiger partial charge in [-0.2, -0.15) is 0 Å². The van der Waals surface area contributed by atoms with E-state index < -0.39 is 0 Å². The van der Waals surface area contributed by atoms with Gasteiger partial charge in [-0.3, -0.25) is 4.98 Å². The standard InChI is InChI=1S/C16H18N2/c1-2-12-6-7-14(18-11-12)10-13-4-3-5-16-15(13)8-9-17-16/h3-7,11,17H,2,8-10H2,1H3. The lowest BCUT2D eigenvalue weighted by Gasteiger charge is -2.07. The third-order valence-electron chi connectivity index (χ3n) is 3.63. The van der Waals surface area contributed by atoms with E-state index in [1.807, 2.05) is 6.20 Å². The number of hydrogen-bond acceptors (Lipinski definition) is 2. The fourth-order valence-corrected chi connectivity index (χ4v) is 2.55. The summed E-state index contributed by atoms with van der Waals surface area (Å²) in [6.45, 7) is 3.22. The normalized spacial score (nSPS) is 13.2. The summed E-state index contributed by atoms with van der Waals surface area (Å²) in [6.07, 6.45) is 5.13. The molecule has 0 saturated carbocycles. The van der Waals surface area contributed by atoms with E-state index in [0.29, 0.717) is 0 Å². The summed E-state index contributed by atoms with van der Waals surface area (Å²) in [5.74, 6) is 0. The molecular weight excluding hydrogens is 220 g/mol. The number of pyridine rings is 1. The van der Waals surface area contributed by atoms with Gasteiger partial charge in [-0.25, -0.2) is 0 Å². The number of hydrogen-bond donors (Lipinski definition) is 1. The molecule has 0 fully saturated rings. The Kier molecular flexibility index (Phi) is 3.01. The first-order valence-corrected chi connectivity index (χ1v) is 6.65. The molecule has 2 aromatic rings. The van der Waals surface area contributed by atoms with E-state index in [1.54, 1.807) is 0 Å². The maximum absolute atomic E-state index is 4.55. The second-order valence-electron chi connectivity index (χ2n) is 4.81. The predicted molar refractivity (Wildman–Crippen MR) is 75.1 cm³/mol. The number of rotatable bonds is 3. The summed E-state index contributed by atoms with van der Waals surface area (Å²) in [6, 6.07) is 10.9. The Bertz CT molecular complexity index is 544. The molecule has 0 spiro atoms. The summed E-state index contributed by atoms with van der Waals surface area (Å²) < 4.78 is 0. The predicted octanol–water partition coefficient (Wildman–Crippen LogP) is 3.20. The Balaban J connectivity index is 1.86. The lowest BCUT2D eigenvalue weighted by molar-refractivity contribution is 1.01. The van der Waals surface area contributed by atoms with Crippen LogP contribution in [0, 0.1) is 0 Å². The van der Waals surface area contributed by atoms with Crippen LogP contribution in [0.1, 0.15) is 29.3 Å². The summed E-state index contributed by atoms with van der Waals surface area (Å²) >= 11 is 0. The topological polar surface area (TPSA) is 24.9 Å². The minimum atomic E-state index is 0.939. The first kappa shape index (κ1) is 11.3. The maximum atomic E-state index is 4.55. The van der Waals surface area contributed by atoms with Crippen LogP contribution < -0.4 is 5.32 Å². The van der Waals surface area contributed by atoms with E-state index in [9.17, 15) is 0 Å². The number of nitrogens with zero attached hydrogens (tertiary/aromatic N) is 1. The fourth-order valence-electron chi connectivity index (χ4n) is 2.55. The van der Waals surface area contributed by atoms with E-state index in [0.717, 1.165) is 31.5 Å². The molecule has 3 rings (SSSR count). The van der Waals surface area contributed by atoms with E-state index in [-0.39, 0.29) is 0 Å². The Morgan fingerprint density at radius 2 is 2.17 bits per heavy atom. The van der Waals surface area contributed by atoms with Gasteiger partial charge in [0, 0.05) is 30.5 Å². The van der Waals surface area contributed by atoms with Crippen molar-refractivity contribution < 1.29 is 0 Å². The van der Waals surface area contributed by atoms with Crippen molar-refractivity contribution in [3.8, 4) is 0 Å². The van der Waals surface area contributed by atoms with E-state index >= 15 is 0 Å². The molecule has 1 aliphatic heterocycles. The van der Waals surface area contributed by atoms with Gasteiger partial charge in [0.2, 0.25) is 0 Å². The highest BCUT2D eigenvalue weighted by atomic mass is 14.9. The highest BCUT2D eigenvalue weighted by Gasteiger charge is 2.13. The second kappa shape index (κ2) is 4.81. The van der Waals surface area contributed by atoms with Crippen molar-refractivity contribution >= 4 is 5.69 Å². The molecule has 0 saturated heterocycles. The Labute approximate surface area is 108 Å². The monoisotopic (exact) mass is 238 g/mol. The van der Waals surface area contributed by atoms with Crippen LogP contribution in [0.3, 0.4) is 0 Å². The molecule has 2 heterocycles. The molecule has 18 heavy (non-hydrogen) atoms. The minimum absolute atomic E-state index is 0.939. The molecule has 0 bridgehead atoms. The van der Waals surface area contributed by atoms with Gasteiger partial charge in [-0.15, -0.1) is 0 Å². The van der Waals surface area contributed by atoms with Crippen molar-refractivity contribution in [3.63, 3.8) is 0 Å². The van der Waals surface area contributed by atoms with Crippen molar-refractivity contribution in [2.45, 2.75) is 26.2 Å². The molecule has 1 aliphatic rings. The van der Waals surface area contributed by atoms with Crippen LogP contribution in [0.25, 0.3) is 0 Å². The van der Waals surface area contributed by atoms with Crippen molar-refractivity contribution in [1.82, 2.24) is 4.98 Å². The Morgan fingerprint density at radius 1 is 1.22 bits per heavy atom. The molecule has 1 N–H and O–H groups in total. The zero-order chi connectivity index (χ0) is 12.4. The molecule has 0 amide bonds. The van der Waals surface area contributed by atoms with Crippen LogP contribution in [-0.4, -0.2) is 11.5 Å². The van der Waals surface area contributed by atoms with Crippen molar-refractivity contribution in [2.75, 3.05) is 11.9 Å². The van der Waals surface area contributed by atoms with Gasteiger partial charge in [0.05, 0.1) is 0 Å². The van der Waals surface area contributed by atoms with Gasteiger partial charge >= 0.3 is 0 Å². The largest absolute Gasteiger partial charge is 0.384 e. The van der Waals surface area contributed by atoms with E-state index in [4.69, 9.17) is 0 Å². The molecule has 2 heteroatoms. The van der Waals surface area contributed by atoms with Gasteiger partial charge in [0.25, 0.3) is 0 Å². The zero-order valence-electron chi connectivity index (χ0n) is 10.7. The minimum Gasteiger partial charge on any atom is -0.384 e. The number of fused-ring (bicyclic) bond motifs is 1. The van der Waals surface area contributed by atoms with Crippen LogP contribution in [0.2, 0.25) is 0 Å². The highest BCUT2D eigenvalue weighted by Crippen LogP contribution is 2.26. The second-order valence-corrected chi connectivity index (χ2v) is 4.81. The quantitative estimate of drug-likeness (QED) is 0.888. The first-order valence-electron chi connectivity index (χ1n) is 6.65. The van der Waals surface area contributed by atoms with Crippen LogP contribution in [0.4, 0.5) is 5.69 Å². The number of aryl methyl sites for hydroxylation is 1. The van der Waals surface area contributed by atoms with Crippen LogP contribution >= 0.6 is 0 Å². The number of anilines is 1. The van der Waals surface area contributed by atoms with E-state index in [2.05, 4.69) is 47.6 Å². The van der Waals surface area contributed by atoms with Crippen molar-refractivity contribution in [2.24, 2.45) is 0 Å². The molecule has 2 nitrogen and oxygen atoms in total. The van der Waals surface area contributed by atoms with Gasteiger partial charge in [0.15, 0.2) is 0 Å². The molecular formula is C16H18N2. The molecule has 92 valence electrons. The molecule has 1 aromatic carbocycles. The highest BCUT2D eigenvalue weighted by molar-refractivity contribution is 5.59. The van der Waals surface area contributed by atoms with Crippen molar-refractivity contribution in [1.29, 1.82) is 0 Å². The van der Waals surface area contributed by atoms with Crippen LogP contribution in [0.15, 0.2) is 36.5 Å². The molecule has 0 aliphatic carbocycles.